The first kappa shape index (κ1) is 21.7. The van der Waals surface area contributed by atoms with Crippen molar-refractivity contribution < 1.29 is 9.18 Å². The third kappa shape index (κ3) is 3.37. The standard InChI is InChI=1S/C25H22ClFN6O2/c1-32-20-9-12(2-6-17(20)31-25(32)35)18-11-29-24(30-18)19-7-3-14-8-13(10-21(34)33(14)19)22-16(28)5-4-15(26)23(22)27/h2,4-6,8-9,11,13,19H,3,7,10,28H2,1H3,(H,29,30)(H,31,35)/t13?,19-/m0/s1. The number of nitrogens with zero attached hydrogens (tertiary/aromatic N) is 3. The van der Waals surface area contributed by atoms with Crippen LogP contribution in [0.3, 0.4) is 0 Å². The molecule has 10 heteroatoms. The van der Waals surface area contributed by atoms with Crippen LogP contribution in [0.1, 0.15) is 42.6 Å². The molecule has 2 aliphatic rings. The summed E-state index contributed by atoms with van der Waals surface area (Å²) in [6.07, 6.45) is 5.14. The third-order valence-corrected chi connectivity index (χ3v) is 7.31. The largest absolute Gasteiger partial charge is 0.398 e. The van der Waals surface area contributed by atoms with Crippen LogP contribution in [-0.4, -0.2) is 30.3 Å². The maximum absolute atomic E-state index is 14.7. The lowest BCUT2D eigenvalue weighted by Crippen LogP contribution is -2.34. The summed E-state index contributed by atoms with van der Waals surface area (Å²) < 4.78 is 16.3. The molecule has 6 rings (SSSR count). The lowest BCUT2D eigenvalue weighted by Gasteiger charge is -2.31. The van der Waals surface area contributed by atoms with Gasteiger partial charge in [-0.25, -0.2) is 14.2 Å². The van der Waals surface area contributed by atoms with Crippen molar-refractivity contribution >= 4 is 34.2 Å². The van der Waals surface area contributed by atoms with Crippen molar-refractivity contribution in [3.8, 4) is 11.3 Å². The van der Waals surface area contributed by atoms with E-state index in [9.17, 15) is 14.0 Å². The van der Waals surface area contributed by atoms with Crippen molar-refractivity contribution in [3.63, 3.8) is 0 Å². The van der Waals surface area contributed by atoms with E-state index in [2.05, 4.69) is 15.0 Å². The third-order valence-electron chi connectivity index (χ3n) is 7.02. The van der Waals surface area contributed by atoms with E-state index >= 15 is 0 Å². The van der Waals surface area contributed by atoms with Gasteiger partial charge in [0.05, 0.1) is 34.0 Å². The average molecular weight is 493 g/mol. The first-order valence-electron chi connectivity index (χ1n) is 11.3. The smallest absolute Gasteiger partial charge is 0.326 e. The number of benzene rings is 2. The molecule has 2 atom stereocenters. The number of hydrogen-bond donors (Lipinski definition) is 3. The van der Waals surface area contributed by atoms with E-state index in [4.69, 9.17) is 17.3 Å². The number of hydrogen-bond acceptors (Lipinski definition) is 4. The number of carbonyl (C=O) groups is 1. The predicted molar refractivity (Wildman–Crippen MR) is 131 cm³/mol. The molecule has 1 unspecified atom stereocenters. The van der Waals surface area contributed by atoms with E-state index in [1.165, 1.54) is 6.07 Å². The number of carbonyl (C=O) groups excluding carboxylic acids is 1. The molecule has 8 nitrogen and oxygen atoms in total. The molecule has 4 aromatic rings. The van der Waals surface area contributed by atoms with Gasteiger partial charge < -0.3 is 20.6 Å². The second kappa shape index (κ2) is 7.84. The molecule has 0 aliphatic carbocycles. The molecule has 1 amide bonds. The number of H-pyrrole nitrogens is 2. The molecule has 1 saturated heterocycles. The Balaban J connectivity index is 1.31. The monoisotopic (exact) mass is 492 g/mol. The van der Waals surface area contributed by atoms with Crippen molar-refractivity contribution in [2.75, 3.05) is 5.73 Å². The fourth-order valence-corrected chi connectivity index (χ4v) is 5.42. The van der Waals surface area contributed by atoms with Gasteiger partial charge >= 0.3 is 5.69 Å². The number of allylic oxidation sites excluding steroid dienone is 2. The number of nitrogens with one attached hydrogen (secondary N) is 2. The zero-order valence-corrected chi connectivity index (χ0v) is 19.6. The number of nitrogen functional groups attached to an aromatic ring is 1. The SMILES string of the molecule is Cn1c(=O)[nH]c2ccc(-c3cnc([C@@H]4CCC5=CC(c6c(N)ccc(Cl)c6F)CC(=O)N54)[nH]3)cc21. The van der Waals surface area contributed by atoms with Gasteiger partial charge in [-0.3, -0.25) is 9.36 Å². The van der Waals surface area contributed by atoms with Gasteiger partial charge in [0.25, 0.3) is 0 Å². The van der Waals surface area contributed by atoms with Crippen molar-refractivity contribution in [3.05, 3.63) is 81.0 Å². The van der Waals surface area contributed by atoms with Crippen LogP contribution in [0.5, 0.6) is 0 Å². The van der Waals surface area contributed by atoms with Crippen LogP contribution in [0.4, 0.5) is 10.1 Å². The zero-order chi connectivity index (χ0) is 24.4. The zero-order valence-electron chi connectivity index (χ0n) is 18.8. The molecule has 35 heavy (non-hydrogen) atoms. The molecule has 0 radical (unpaired) electrons. The molecule has 178 valence electrons. The summed E-state index contributed by atoms with van der Waals surface area (Å²) in [5.74, 6) is -0.447. The minimum Gasteiger partial charge on any atom is -0.398 e. The number of aromatic amines is 2. The number of fused-ring (bicyclic) bond motifs is 2. The van der Waals surface area contributed by atoms with Crippen LogP contribution in [0.2, 0.25) is 5.02 Å². The van der Waals surface area contributed by atoms with Crippen LogP contribution in [0.25, 0.3) is 22.3 Å². The predicted octanol–water partition coefficient (Wildman–Crippen LogP) is 4.37. The topological polar surface area (TPSA) is 113 Å². The minimum atomic E-state index is -0.572. The Labute approximate surface area is 204 Å². The maximum Gasteiger partial charge on any atom is 0.326 e. The Hall–Kier alpha value is -3.85. The van der Waals surface area contributed by atoms with Gasteiger partial charge in [0.15, 0.2) is 0 Å². The van der Waals surface area contributed by atoms with Gasteiger partial charge in [0.2, 0.25) is 5.91 Å². The number of aromatic nitrogens is 4. The lowest BCUT2D eigenvalue weighted by molar-refractivity contribution is -0.131. The van der Waals surface area contributed by atoms with E-state index in [1.807, 2.05) is 24.3 Å². The molecule has 0 spiro atoms. The Bertz CT molecular complexity index is 1600. The molecule has 2 aromatic heterocycles. The van der Waals surface area contributed by atoms with Gasteiger partial charge in [0.1, 0.15) is 11.6 Å². The Morgan fingerprint density at radius 1 is 1.20 bits per heavy atom. The number of rotatable bonds is 3. The fraction of sp³-hybridized carbons (Fsp3) is 0.240. The molecular weight excluding hydrogens is 471 g/mol. The lowest BCUT2D eigenvalue weighted by atomic mass is 9.89. The summed E-state index contributed by atoms with van der Waals surface area (Å²) in [6, 6.07) is 8.46. The molecule has 4 heterocycles. The average Bonchev–Trinajstić information content (AvgIpc) is 3.55. The van der Waals surface area contributed by atoms with Gasteiger partial charge in [-0.05, 0) is 37.1 Å². The van der Waals surface area contributed by atoms with Crippen LogP contribution in [0.15, 0.2) is 53.1 Å². The van der Waals surface area contributed by atoms with Crippen molar-refractivity contribution in [1.29, 1.82) is 0 Å². The summed E-state index contributed by atoms with van der Waals surface area (Å²) in [6.45, 7) is 0. The van der Waals surface area contributed by atoms with Crippen molar-refractivity contribution in [1.82, 2.24) is 24.4 Å². The first-order valence-corrected chi connectivity index (χ1v) is 11.7. The summed E-state index contributed by atoms with van der Waals surface area (Å²) in [5.41, 5.74) is 10.5. The summed E-state index contributed by atoms with van der Waals surface area (Å²) in [7, 11) is 1.72. The quantitative estimate of drug-likeness (QED) is 0.369. The fourth-order valence-electron chi connectivity index (χ4n) is 5.26. The molecule has 4 N–H and O–H groups in total. The Kier molecular flexibility index (Phi) is 4.86. The molecule has 1 fully saturated rings. The number of nitrogens with two attached hydrogens (primary N) is 1. The normalized spacial score (nSPS) is 19.9. The van der Waals surface area contributed by atoms with E-state index in [0.717, 1.165) is 28.0 Å². The number of imidazole rings is 2. The summed E-state index contributed by atoms with van der Waals surface area (Å²) in [5, 5.41) is -0.00668. The number of halogens is 2. The molecule has 0 bridgehead atoms. The van der Waals surface area contributed by atoms with Crippen LogP contribution in [-0.2, 0) is 11.8 Å². The second-order valence-electron chi connectivity index (χ2n) is 9.05. The van der Waals surface area contributed by atoms with E-state index in [1.54, 1.807) is 28.8 Å². The molecule has 0 saturated carbocycles. The number of aryl methyl sites for hydroxylation is 1. The van der Waals surface area contributed by atoms with Crippen LogP contribution >= 0.6 is 11.6 Å². The summed E-state index contributed by atoms with van der Waals surface area (Å²) >= 11 is 5.97. The van der Waals surface area contributed by atoms with Gasteiger partial charge in [-0.15, -0.1) is 0 Å². The van der Waals surface area contributed by atoms with Gasteiger partial charge in [0, 0.05) is 41.9 Å². The van der Waals surface area contributed by atoms with Gasteiger partial charge in [-0.1, -0.05) is 23.7 Å². The Morgan fingerprint density at radius 3 is 2.86 bits per heavy atom. The molecule has 2 aliphatic heterocycles. The van der Waals surface area contributed by atoms with Crippen molar-refractivity contribution in [2.45, 2.75) is 31.2 Å². The van der Waals surface area contributed by atoms with E-state index in [-0.39, 0.29) is 40.3 Å². The van der Waals surface area contributed by atoms with Crippen molar-refractivity contribution in [2.24, 2.45) is 7.05 Å². The van der Waals surface area contributed by atoms with E-state index in [0.29, 0.717) is 18.7 Å². The second-order valence-corrected chi connectivity index (χ2v) is 9.46. The highest BCUT2D eigenvalue weighted by Gasteiger charge is 2.40. The highest BCUT2D eigenvalue weighted by Crippen LogP contribution is 2.45. The Morgan fingerprint density at radius 2 is 2.03 bits per heavy atom. The highest BCUT2D eigenvalue weighted by atomic mass is 35.5. The number of anilines is 1. The number of amides is 1. The first-order chi connectivity index (χ1) is 16.8. The maximum atomic E-state index is 14.7. The van der Waals surface area contributed by atoms with Crippen LogP contribution < -0.4 is 11.4 Å². The highest BCUT2D eigenvalue weighted by molar-refractivity contribution is 6.30. The molecule has 2 aromatic carbocycles. The minimum absolute atomic E-state index is 0.00668. The van der Waals surface area contributed by atoms with Crippen LogP contribution in [0, 0.1) is 5.82 Å². The molecular formula is C25H22ClFN6O2. The van der Waals surface area contributed by atoms with E-state index < -0.39 is 11.7 Å². The summed E-state index contributed by atoms with van der Waals surface area (Å²) in [4.78, 5) is 37.6. The van der Waals surface area contributed by atoms with Gasteiger partial charge in [-0.2, -0.15) is 0 Å².